The molecule has 0 radical (unpaired) electrons. The zero-order valence-corrected chi connectivity index (χ0v) is 46.3. The van der Waals surface area contributed by atoms with Gasteiger partial charge in [-0.25, -0.2) is 9.78 Å². The Balaban J connectivity index is 0.00000158. The maximum atomic E-state index is 11.7. The third-order valence-corrected chi connectivity index (χ3v) is 8.64. The number of pyridine rings is 4. The van der Waals surface area contributed by atoms with Crippen molar-refractivity contribution >= 4 is 17.9 Å². The van der Waals surface area contributed by atoms with Crippen molar-refractivity contribution in [3.8, 4) is 22.8 Å². The van der Waals surface area contributed by atoms with Crippen LogP contribution in [-0.4, -0.2) is 179 Å². The van der Waals surface area contributed by atoms with Gasteiger partial charge in [0.1, 0.15) is 18.8 Å². The van der Waals surface area contributed by atoms with E-state index in [0.717, 1.165) is 28.5 Å². The maximum Gasteiger partial charge on any atom is 2.00 e. The smallest absolute Gasteiger partial charge is 1.00 e. The molecule has 0 fully saturated rings. The summed E-state index contributed by atoms with van der Waals surface area (Å²) < 4.78 is 48.2. The molecule has 0 saturated heterocycles. The molecule has 3 amide bonds. The van der Waals surface area contributed by atoms with Gasteiger partial charge in [-0.15, -0.1) is 0 Å². The number of nitrogens with one attached hydrogen (secondary N) is 4. The van der Waals surface area contributed by atoms with Crippen molar-refractivity contribution in [1.29, 1.82) is 0 Å². The van der Waals surface area contributed by atoms with E-state index in [1.54, 1.807) is 37.3 Å². The number of aromatic amines is 1. The number of halogens is 2. The second kappa shape index (κ2) is 46.4. The van der Waals surface area contributed by atoms with E-state index >= 15 is 0 Å². The van der Waals surface area contributed by atoms with Crippen LogP contribution in [0, 0.1) is 0 Å². The molecule has 24 heteroatoms. The van der Waals surface area contributed by atoms with Gasteiger partial charge in [0.25, 0.3) is 0 Å². The average molecular weight is 1250 g/mol. The zero-order valence-electron chi connectivity index (χ0n) is 42.3. The van der Waals surface area contributed by atoms with Crippen LogP contribution in [0.5, 0.6) is 0 Å². The molecule has 5 aromatic heterocycles. The number of ether oxygens (including phenoxy) is 9. The second-order valence-corrected chi connectivity index (χ2v) is 15.6. The van der Waals surface area contributed by atoms with Crippen LogP contribution in [0.2, 0.25) is 0 Å². The number of hydrogen-bond donors (Lipinski definition) is 4. The van der Waals surface area contributed by atoms with Gasteiger partial charge in [-0.2, -0.15) is 0 Å². The van der Waals surface area contributed by atoms with Crippen LogP contribution in [0.15, 0.2) is 110 Å². The number of imidazole rings is 1. The summed E-state index contributed by atoms with van der Waals surface area (Å²) in [5.74, 6) is -0.611. The minimum Gasteiger partial charge on any atom is -1.00 e. The molecule has 0 atom stereocenters. The largest absolute Gasteiger partial charge is 2.00 e. The molecule has 4 N–H and O–H groups in total. The Morgan fingerprint density at radius 2 is 0.811 bits per heavy atom. The molecule has 0 aromatic carbocycles. The van der Waals surface area contributed by atoms with E-state index < -0.39 is 11.7 Å². The quantitative estimate of drug-likeness (QED) is 0.0336. The molecule has 21 nitrogen and oxygen atoms in total. The Morgan fingerprint density at radius 1 is 0.473 bits per heavy atom. The standard InChI is InChI=1S/C30H55N5O12.2C10H8N2.2ClH.Os/c1-30(2,3)47-29(38)34-7-9-40-11-13-42-15-17-44-19-21-45-20-18-43-16-14-41-12-10-39-8-6-33-28(37)24-46-23-27(36)32-5-4-26-22-31-25-35-26;2*1-3-7-11-9(5-1)10-6-2-4-8-12-10;;;/h22,25H,4-21,23-24H2,1-3H3,(H,31,35)(H,32,36)(H,33,37)(H,34,38);2*1-8H;2*1H;/q;;;;;+2/p-2. The van der Waals surface area contributed by atoms with E-state index in [9.17, 15) is 14.4 Å². The predicted octanol–water partition coefficient (Wildman–Crippen LogP) is -1.87. The number of aromatic nitrogens is 6. The first-order valence-electron chi connectivity index (χ1n) is 23.4. The molecule has 0 saturated carbocycles. The van der Waals surface area contributed by atoms with Crippen LogP contribution in [0.3, 0.4) is 0 Å². The summed E-state index contributed by atoms with van der Waals surface area (Å²) in [4.78, 5) is 58.5. The predicted molar refractivity (Wildman–Crippen MR) is 264 cm³/mol. The minimum absolute atomic E-state index is 0. The number of rotatable bonds is 33. The minimum atomic E-state index is -0.520. The van der Waals surface area contributed by atoms with Gasteiger partial charge in [0, 0.05) is 62.7 Å². The third kappa shape index (κ3) is 38.5. The first kappa shape index (κ1) is 68.9. The van der Waals surface area contributed by atoms with Gasteiger partial charge in [0.2, 0.25) is 11.8 Å². The van der Waals surface area contributed by atoms with Crippen molar-refractivity contribution in [2.75, 3.05) is 125 Å². The van der Waals surface area contributed by atoms with Gasteiger partial charge in [0.05, 0.1) is 122 Å². The number of alkyl carbamates (subject to hydrolysis) is 1. The van der Waals surface area contributed by atoms with E-state index in [0.29, 0.717) is 119 Å². The molecule has 5 heterocycles. The molecule has 0 aliphatic heterocycles. The molecule has 5 aromatic rings. The Labute approximate surface area is 459 Å². The van der Waals surface area contributed by atoms with Crippen molar-refractivity contribution in [1.82, 2.24) is 45.9 Å². The van der Waals surface area contributed by atoms with Gasteiger partial charge in [-0.1, -0.05) is 24.3 Å². The molecular weight excluding hydrogens is 1180 g/mol. The van der Waals surface area contributed by atoms with E-state index in [1.165, 1.54) is 0 Å². The molecular formula is C50H71Cl2N9O12Os. The van der Waals surface area contributed by atoms with Crippen LogP contribution in [0.1, 0.15) is 26.5 Å². The fourth-order valence-corrected chi connectivity index (χ4v) is 5.38. The van der Waals surface area contributed by atoms with E-state index in [4.69, 9.17) is 42.6 Å². The Hall–Kier alpha value is -5.08. The second-order valence-electron chi connectivity index (χ2n) is 15.6. The van der Waals surface area contributed by atoms with Crippen LogP contribution in [-0.2, 0) is 78.4 Å². The van der Waals surface area contributed by atoms with Crippen molar-refractivity contribution in [3.63, 3.8) is 0 Å². The Bertz CT molecular complexity index is 1910. The van der Waals surface area contributed by atoms with Crippen LogP contribution >= 0.6 is 0 Å². The molecule has 0 unspecified atom stereocenters. The van der Waals surface area contributed by atoms with Crippen LogP contribution in [0.4, 0.5) is 4.79 Å². The SMILES string of the molecule is CC(C)(C)OC(=O)NCCOCCOCCOCCOCCOCCOCCOCCNC(=O)COCC(=O)NCCc1cnc[nH]1.[Cl-].[Cl-].[Os+2].c1ccc(-c2ccccn2)nc1.c1ccc(-c2ccccn2)nc1. The number of H-pyrrole nitrogens is 1. The fraction of sp³-hybridized carbons (Fsp3) is 0.480. The topological polar surface area (TPSA) is 251 Å². The monoisotopic (exact) mass is 1250 g/mol. The molecule has 74 heavy (non-hydrogen) atoms. The molecule has 0 bridgehead atoms. The van der Waals surface area contributed by atoms with Gasteiger partial charge >= 0.3 is 25.9 Å². The van der Waals surface area contributed by atoms with Crippen molar-refractivity contribution in [2.24, 2.45) is 0 Å². The summed E-state index contributed by atoms with van der Waals surface area (Å²) >= 11 is 0. The molecule has 0 aliphatic carbocycles. The van der Waals surface area contributed by atoms with E-state index in [1.807, 2.05) is 93.6 Å². The van der Waals surface area contributed by atoms with Gasteiger partial charge < -0.3 is 88.4 Å². The first-order valence-corrected chi connectivity index (χ1v) is 23.4. The number of amides is 3. The normalized spacial score (nSPS) is 10.4. The number of carbonyl (C=O) groups is 3. The molecule has 410 valence electrons. The summed E-state index contributed by atoms with van der Waals surface area (Å²) in [6.07, 6.45) is 10.5. The number of carbonyl (C=O) groups excluding carboxylic acids is 3. The number of hydrogen-bond acceptors (Lipinski definition) is 17. The zero-order chi connectivity index (χ0) is 50.7. The summed E-state index contributed by atoms with van der Waals surface area (Å²) in [6.45, 7) is 12.2. The summed E-state index contributed by atoms with van der Waals surface area (Å²) in [7, 11) is 0. The molecule has 0 spiro atoms. The first-order chi connectivity index (χ1) is 34.7. The Morgan fingerprint density at radius 3 is 1.12 bits per heavy atom. The fourth-order valence-electron chi connectivity index (χ4n) is 5.38. The third-order valence-electron chi connectivity index (χ3n) is 8.64. The van der Waals surface area contributed by atoms with E-state index in [2.05, 4.69) is 45.9 Å². The van der Waals surface area contributed by atoms with Crippen molar-refractivity contribution < 1.29 is 102 Å². The summed E-state index contributed by atoms with van der Waals surface area (Å²) in [6, 6.07) is 23.2. The van der Waals surface area contributed by atoms with Crippen LogP contribution < -0.4 is 40.8 Å². The van der Waals surface area contributed by atoms with Gasteiger partial charge in [-0.05, 0) is 69.3 Å². The number of nitrogens with zero attached hydrogens (tertiary/aromatic N) is 5. The summed E-state index contributed by atoms with van der Waals surface area (Å²) in [5.41, 5.74) is 4.06. The molecule has 0 aliphatic rings. The molecule has 5 rings (SSSR count). The average Bonchev–Trinajstić information content (AvgIpc) is 3.91. The summed E-state index contributed by atoms with van der Waals surface area (Å²) in [5, 5.41) is 7.98. The Kier molecular flexibility index (Phi) is 43.3. The van der Waals surface area contributed by atoms with Gasteiger partial charge in [-0.3, -0.25) is 29.5 Å². The van der Waals surface area contributed by atoms with Crippen LogP contribution in [0.25, 0.3) is 22.8 Å². The van der Waals surface area contributed by atoms with Crippen molar-refractivity contribution in [3.05, 3.63) is 116 Å². The van der Waals surface area contributed by atoms with Crippen molar-refractivity contribution in [2.45, 2.75) is 32.8 Å². The van der Waals surface area contributed by atoms with Gasteiger partial charge in [0.15, 0.2) is 0 Å². The van der Waals surface area contributed by atoms with E-state index in [-0.39, 0.29) is 69.6 Å². The maximum absolute atomic E-state index is 11.7.